The number of aromatic nitrogens is 4. The van der Waals surface area contributed by atoms with Crippen molar-refractivity contribution in [2.24, 2.45) is 0 Å². The maximum atomic E-state index is 12.3. The van der Waals surface area contributed by atoms with Crippen LogP contribution in [-0.2, 0) is 6.42 Å². The molecule has 0 unspecified atom stereocenters. The Labute approximate surface area is 114 Å². The van der Waals surface area contributed by atoms with Gasteiger partial charge in [-0.1, -0.05) is 0 Å². The molecular weight excluding hydrogens is 256 g/mol. The third-order valence-electron chi connectivity index (χ3n) is 3.63. The first-order valence-electron chi connectivity index (χ1n) is 6.50. The van der Waals surface area contributed by atoms with Gasteiger partial charge >= 0.3 is 0 Å². The van der Waals surface area contributed by atoms with Crippen LogP contribution < -0.4 is 0 Å². The largest absolute Gasteiger partial charge is 0.469 e. The molecule has 0 aromatic carbocycles. The van der Waals surface area contributed by atoms with Gasteiger partial charge in [-0.3, -0.25) is 4.79 Å². The van der Waals surface area contributed by atoms with E-state index in [1.165, 1.54) is 0 Å². The Hall–Kier alpha value is -2.50. The summed E-state index contributed by atoms with van der Waals surface area (Å²) >= 11 is 0. The SMILES string of the molecule is Cc1nc2nc3c(cn2n1)C(=O)C[C@@H](c1ccco1)C3. The molecule has 0 N–H and O–H groups in total. The molecule has 3 aromatic rings. The zero-order valence-corrected chi connectivity index (χ0v) is 10.9. The first-order chi connectivity index (χ1) is 9.70. The number of carbonyl (C=O) groups is 1. The van der Waals surface area contributed by atoms with Crippen LogP contribution in [0.25, 0.3) is 5.78 Å². The Morgan fingerprint density at radius 3 is 3.05 bits per heavy atom. The van der Waals surface area contributed by atoms with Gasteiger partial charge in [0.1, 0.15) is 11.6 Å². The molecule has 100 valence electrons. The molecular formula is C14H12N4O2. The van der Waals surface area contributed by atoms with Gasteiger partial charge in [0.05, 0.1) is 17.5 Å². The average molecular weight is 268 g/mol. The van der Waals surface area contributed by atoms with Crippen LogP contribution in [0.3, 0.4) is 0 Å². The lowest BCUT2D eigenvalue weighted by molar-refractivity contribution is 0.0958. The van der Waals surface area contributed by atoms with E-state index in [0.29, 0.717) is 30.0 Å². The van der Waals surface area contributed by atoms with Gasteiger partial charge in [0, 0.05) is 25.0 Å². The minimum absolute atomic E-state index is 0.0592. The van der Waals surface area contributed by atoms with E-state index in [4.69, 9.17) is 4.42 Å². The lowest BCUT2D eigenvalue weighted by atomic mass is 9.85. The van der Waals surface area contributed by atoms with Crippen LogP contribution in [0.2, 0.25) is 0 Å². The van der Waals surface area contributed by atoms with Crippen molar-refractivity contribution >= 4 is 11.6 Å². The normalized spacial score (nSPS) is 18.4. The smallest absolute Gasteiger partial charge is 0.252 e. The van der Waals surface area contributed by atoms with Gasteiger partial charge in [-0.2, -0.15) is 10.1 Å². The van der Waals surface area contributed by atoms with E-state index >= 15 is 0 Å². The molecule has 4 rings (SSSR count). The number of carbonyl (C=O) groups excluding carboxylic acids is 1. The summed E-state index contributed by atoms with van der Waals surface area (Å²) in [7, 11) is 0. The Balaban J connectivity index is 1.82. The maximum absolute atomic E-state index is 12.3. The lowest BCUT2D eigenvalue weighted by Crippen LogP contribution is -2.21. The van der Waals surface area contributed by atoms with Gasteiger partial charge in [0.25, 0.3) is 5.78 Å². The van der Waals surface area contributed by atoms with Crippen LogP contribution in [0.4, 0.5) is 0 Å². The third-order valence-corrected chi connectivity index (χ3v) is 3.63. The second kappa shape index (κ2) is 4.00. The summed E-state index contributed by atoms with van der Waals surface area (Å²) in [5, 5.41) is 4.20. The Morgan fingerprint density at radius 2 is 2.25 bits per heavy atom. The fraction of sp³-hybridized carbons (Fsp3) is 0.286. The van der Waals surface area contributed by atoms with E-state index in [1.807, 2.05) is 12.1 Å². The van der Waals surface area contributed by atoms with Crippen molar-refractivity contribution in [3.8, 4) is 0 Å². The van der Waals surface area contributed by atoms with Crippen molar-refractivity contribution in [2.75, 3.05) is 0 Å². The molecule has 1 aliphatic carbocycles. The molecule has 0 fully saturated rings. The molecule has 0 aliphatic heterocycles. The van der Waals surface area contributed by atoms with Crippen molar-refractivity contribution in [3.63, 3.8) is 0 Å². The highest BCUT2D eigenvalue weighted by molar-refractivity contribution is 5.98. The predicted octanol–water partition coefficient (Wildman–Crippen LogP) is 1.94. The number of rotatable bonds is 1. The van der Waals surface area contributed by atoms with Crippen molar-refractivity contribution in [2.45, 2.75) is 25.7 Å². The summed E-state index contributed by atoms with van der Waals surface area (Å²) < 4.78 is 6.98. The zero-order chi connectivity index (χ0) is 13.7. The van der Waals surface area contributed by atoms with Crippen molar-refractivity contribution in [1.82, 2.24) is 19.6 Å². The Bertz CT molecular complexity index is 804. The summed E-state index contributed by atoms with van der Waals surface area (Å²) in [5.74, 6) is 2.16. The molecule has 1 aliphatic rings. The topological polar surface area (TPSA) is 73.3 Å². The second-order valence-corrected chi connectivity index (χ2v) is 5.05. The van der Waals surface area contributed by atoms with E-state index in [1.54, 1.807) is 23.9 Å². The van der Waals surface area contributed by atoms with Gasteiger partial charge in [0.15, 0.2) is 5.78 Å². The number of hydrogen-bond donors (Lipinski definition) is 0. The zero-order valence-electron chi connectivity index (χ0n) is 10.9. The summed E-state index contributed by atoms with van der Waals surface area (Å²) in [6, 6.07) is 3.75. The number of hydrogen-bond acceptors (Lipinski definition) is 5. The van der Waals surface area contributed by atoms with Crippen LogP contribution in [0, 0.1) is 6.92 Å². The van der Waals surface area contributed by atoms with Crippen LogP contribution in [0.1, 0.15) is 40.0 Å². The Morgan fingerprint density at radius 1 is 1.35 bits per heavy atom. The van der Waals surface area contributed by atoms with Gasteiger partial charge in [0.2, 0.25) is 0 Å². The highest BCUT2D eigenvalue weighted by Crippen LogP contribution is 2.32. The van der Waals surface area contributed by atoms with Crippen LogP contribution in [0.15, 0.2) is 29.0 Å². The summed E-state index contributed by atoms with van der Waals surface area (Å²) in [6.45, 7) is 1.81. The van der Waals surface area contributed by atoms with E-state index < -0.39 is 0 Å². The minimum Gasteiger partial charge on any atom is -0.469 e. The molecule has 6 nitrogen and oxygen atoms in total. The summed E-state index contributed by atoms with van der Waals surface area (Å²) in [6.07, 6.45) is 4.50. The van der Waals surface area contributed by atoms with Crippen LogP contribution in [-0.4, -0.2) is 25.4 Å². The number of furan rings is 1. The number of nitrogens with zero attached hydrogens (tertiary/aromatic N) is 4. The number of ketones is 1. The van der Waals surface area contributed by atoms with Gasteiger partial charge < -0.3 is 4.42 Å². The molecule has 20 heavy (non-hydrogen) atoms. The highest BCUT2D eigenvalue weighted by Gasteiger charge is 2.29. The van der Waals surface area contributed by atoms with Crippen molar-refractivity contribution in [3.05, 3.63) is 47.4 Å². The van der Waals surface area contributed by atoms with E-state index in [-0.39, 0.29) is 11.7 Å². The standard InChI is InChI=1S/C14H12N4O2/c1-8-15-14-16-11-5-9(13-3-2-4-20-13)6-12(19)10(11)7-18(14)17-8/h2-4,7,9H,5-6H2,1H3/t9-/m0/s1. The van der Waals surface area contributed by atoms with Crippen molar-refractivity contribution < 1.29 is 9.21 Å². The minimum atomic E-state index is 0.0592. The molecule has 0 saturated carbocycles. The van der Waals surface area contributed by atoms with Gasteiger partial charge in [-0.15, -0.1) is 0 Å². The molecule has 0 bridgehead atoms. The number of fused-ring (bicyclic) bond motifs is 2. The summed E-state index contributed by atoms with van der Waals surface area (Å²) in [4.78, 5) is 21.0. The fourth-order valence-corrected chi connectivity index (χ4v) is 2.71. The van der Waals surface area contributed by atoms with E-state index in [0.717, 1.165) is 11.5 Å². The fourth-order valence-electron chi connectivity index (χ4n) is 2.71. The molecule has 0 spiro atoms. The third kappa shape index (κ3) is 1.65. The predicted molar refractivity (Wildman–Crippen MR) is 69.6 cm³/mol. The molecule has 0 radical (unpaired) electrons. The molecule has 3 aromatic heterocycles. The average Bonchev–Trinajstić information content (AvgIpc) is 3.04. The van der Waals surface area contributed by atoms with Gasteiger partial charge in [-0.25, -0.2) is 9.50 Å². The summed E-state index contributed by atoms with van der Waals surface area (Å²) in [5.41, 5.74) is 1.42. The monoisotopic (exact) mass is 268 g/mol. The van der Waals surface area contributed by atoms with Crippen LogP contribution in [0.5, 0.6) is 0 Å². The van der Waals surface area contributed by atoms with Gasteiger partial charge in [-0.05, 0) is 19.1 Å². The first kappa shape index (κ1) is 11.3. The highest BCUT2D eigenvalue weighted by atomic mass is 16.3. The van der Waals surface area contributed by atoms with Crippen LogP contribution >= 0.6 is 0 Å². The van der Waals surface area contributed by atoms with E-state index in [9.17, 15) is 4.79 Å². The molecule has 3 heterocycles. The molecule has 6 heteroatoms. The quantitative estimate of drug-likeness (QED) is 0.674. The molecule has 0 amide bonds. The second-order valence-electron chi connectivity index (χ2n) is 5.05. The maximum Gasteiger partial charge on any atom is 0.252 e. The molecule has 0 saturated heterocycles. The number of aryl methyl sites for hydroxylation is 1. The van der Waals surface area contributed by atoms with E-state index in [2.05, 4.69) is 15.1 Å². The first-order valence-corrected chi connectivity index (χ1v) is 6.50. The lowest BCUT2D eigenvalue weighted by Gasteiger charge is -2.20. The Kier molecular flexibility index (Phi) is 2.26. The molecule has 1 atom stereocenters. The number of Topliss-reactive ketones (excluding diaryl/α,β-unsaturated/α-hetero) is 1. The van der Waals surface area contributed by atoms with Crippen molar-refractivity contribution in [1.29, 1.82) is 0 Å².